The van der Waals surface area contributed by atoms with Crippen LogP contribution in [-0.4, -0.2) is 55.3 Å². The maximum absolute atomic E-state index is 13.2. The minimum Gasteiger partial charge on any atom is -0.497 e. The zero-order valence-corrected chi connectivity index (χ0v) is 22.3. The van der Waals surface area contributed by atoms with Gasteiger partial charge in [0.1, 0.15) is 11.5 Å². The van der Waals surface area contributed by atoms with Crippen LogP contribution in [0.25, 0.3) is 0 Å². The Morgan fingerprint density at radius 1 is 0.816 bits per heavy atom. The number of carbonyl (C=O) groups excluding carboxylic acids is 3. The standard InChI is InChI=1S/C26H21BrClNO9/c1-35-17-7-3-5-14(11-17)25(33)37-21(23(30)29-16-9-10-19(27)20(28)13-16)22(24(31)32)38-26(34)15-6-4-8-18(12-15)36-2/h3-13,21-22H,1-2H3,(H,29,30)(H,31,32)/t21-,22+/m1/s1. The fourth-order valence-corrected chi connectivity index (χ4v) is 3.58. The lowest BCUT2D eigenvalue weighted by molar-refractivity contribution is -0.157. The Hall–Kier alpha value is -4.09. The fraction of sp³-hybridized carbons (Fsp3) is 0.154. The number of hydrogen-bond donors (Lipinski definition) is 2. The first-order valence-corrected chi connectivity index (χ1v) is 12.0. The number of halogens is 2. The molecule has 0 aliphatic carbocycles. The van der Waals surface area contributed by atoms with Gasteiger partial charge >= 0.3 is 17.9 Å². The molecule has 0 spiro atoms. The first-order valence-electron chi connectivity index (χ1n) is 10.8. The van der Waals surface area contributed by atoms with E-state index in [1.54, 1.807) is 18.2 Å². The van der Waals surface area contributed by atoms with E-state index in [1.807, 2.05) is 0 Å². The van der Waals surface area contributed by atoms with Crippen LogP contribution in [0.5, 0.6) is 11.5 Å². The average Bonchev–Trinajstić information content (AvgIpc) is 2.92. The van der Waals surface area contributed by atoms with Crippen molar-refractivity contribution in [2.75, 3.05) is 19.5 Å². The van der Waals surface area contributed by atoms with E-state index in [9.17, 15) is 24.3 Å². The maximum atomic E-state index is 13.2. The van der Waals surface area contributed by atoms with E-state index >= 15 is 0 Å². The van der Waals surface area contributed by atoms with Gasteiger partial charge in [0.2, 0.25) is 12.2 Å². The molecule has 0 saturated heterocycles. The van der Waals surface area contributed by atoms with Gasteiger partial charge in [-0.2, -0.15) is 0 Å². The van der Waals surface area contributed by atoms with Crippen molar-refractivity contribution in [1.82, 2.24) is 0 Å². The van der Waals surface area contributed by atoms with Gasteiger partial charge in [-0.05, 0) is 70.5 Å². The molecular formula is C26H21BrClNO9. The smallest absolute Gasteiger partial charge is 0.349 e. The minimum absolute atomic E-state index is 0.0305. The van der Waals surface area contributed by atoms with E-state index in [-0.39, 0.29) is 21.8 Å². The molecule has 2 N–H and O–H groups in total. The van der Waals surface area contributed by atoms with E-state index in [2.05, 4.69) is 21.2 Å². The summed E-state index contributed by atoms with van der Waals surface area (Å²) in [4.78, 5) is 51.1. The molecule has 12 heteroatoms. The van der Waals surface area contributed by atoms with Gasteiger partial charge in [-0.3, -0.25) is 4.79 Å². The Morgan fingerprint density at radius 3 is 1.82 bits per heavy atom. The molecule has 0 aliphatic heterocycles. The second-order valence-electron chi connectivity index (χ2n) is 7.57. The first-order chi connectivity index (χ1) is 18.1. The molecule has 3 aromatic rings. The highest BCUT2D eigenvalue weighted by atomic mass is 79.9. The zero-order chi connectivity index (χ0) is 27.8. The largest absolute Gasteiger partial charge is 0.497 e. The second kappa shape index (κ2) is 12.9. The Morgan fingerprint density at radius 2 is 1.34 bits per heavy atom. The normalized spacial score (nSPS) is 12.0. The van der Waals surface area contributed by atoms with Crippen LogP contribution in [0, 0.1) is 0 Å². The van der Waals surface area contributed by atoms with Crippen molar-refractivity contribution in [3.8, 4) is 11.5 Å². The van der Waals surface area contributed by atoms with Gasteiger partial charge in [0.15, 0.2) is 0 Å². The van der Waals surface area contributed by atoms with Crippen LogP contribution in [0.3, 0.4) is 0 Å². The number of hydrogen-bond acceptors (Lipinski definition) is 8. The van der Waals surface area contributed by atoms with Crippen LogP contribution in [-0.2, 0) is 19.1 Å². The van der Waals surface area contributed by atoms with Gasteiger partial charge in [0.25, 0.3) is 5.91 Å². The van der Waals surface area contributed by atoms with Crippen molar-refractivity contribution < 1.29 is 43.2 Å². The lowest BCUT2D eigenvalue weighted by Gasteiger charge is -2.23. The van der Waals surface area contributed by atoms with E-state index in [0.717, 1.165) is 0 Å². The molecular weight excluding hydrogens is 586 g/mol. The summed E-state index contributed by atoms with van der Waals surface area (Å²) < 4.78 is 21.2. The quantitative estimate of drug-likeness (QED) is 0.317. The number of carboxylic acid groups (broad SMARTS) is 1. The predicted octanol–water partition coefficient (Wildman–Crippen LogP) is 4.59. The molecule has 198 valence electrons. The maximum Gasteiger partial charge on any atom is 0.349 e. The summed E-state index contributed by atoms with van der Waals surface area (Å²) >= 11 is 9.30. The number of aliphatic carboxylic acids is 1. The number of methoxy groups -OCH3 is 2. The Balaban J connectivity index is 1.94. The first kappa shape index (κ1) is 28.5. The number of anilines is 1. The van der Waals surface area contributed by atoms with Gasteiger partial charge in [-0.25, -0.2) is 14.4 Å². The third kappa shape index (κ3) is 7.24. The summed E-state index contributed by atoms with van der Waals surface area (Å²) in [5.74, 6) is -4.31. The van der Waals surface area contributed by atoms with Crippen LogP contribution in [0.2, 0.25) is 5.02 Å². The topological polar surface area (TPSA) is 137 Å². The SMILES string of the molecule is COc1cccc(C(=O)O[C@H](C(=O)O)[C@@H](OC(=O)c2cccc(OC)c2)C(=O)Nc2ccc(Br)c(Cl)c2)c1. The Kier molecular flexibility index (Phi) is 9.69. The highest BCUT2D eigenvalue weighted by Gasteiger charge is 2.41. The second-order valence-corrected chi connectivity index (χ2v) is 8.83. The van der Waals surface area contributed by atoms with Crippen LogP contribution in [0.4, 0.5) is 5.69 Å². The third-order valence-electron chi connectivity index (χ3n) is 5.04. The lowest BCUT2D eigenvalue weighted by atomic mass is 10.1. The van der Waals surface area contributed by atoms with Crippen molar-refractivity contribution in [3.63, 3.8) is 0 Å². The number of benzene rings is 3. The van der Waals surface area contributed by atoms with Crippen molar-refractivity contribution >= 4 is 57.0 Å². The summed E-state index contributed by atoms with van der Waals surface area (Å²) in [6.45, 7) is 0. The molecule has 38 heavy (non-hydrogen) atoms. The van der Waals surface area contributed by atoms with E-state index in [0.29, 0.717) is 16.0 Å². The lowest BCUT2D eigenvalue weighted by Crippen LogP contribution is -2.48. The van der Waals surface area contributed by atoms with E-state index in [1.165, 1.54) is 62.8 Å². The van der Waals surface area contributed by atoms with Gasteiger partial charge < -0.3 is 29.4 Å². The molecule has 0 bridgehead atoms. The number of amides is 1. The highest BCUT2D eigenvalue weighted by Crippen LogP contribution is 2.26. The van der Waals surface area contributed by atoms with Crippen LogP contribution in [0.15, 0.2) is 71.2 Å². The van der Waals surface area contributed by atoms with Gasteiger partial charge in [-0.15, -0.1) is 0 Å². The molecule has 2 atom stereocenters. The van der Waals surface area contributed by atoms with Crippen LogP contribution < -0.4 is 14.8 Å². The molecule has 0 aliphatic rings. The Bertz CT molecular complexity index is 1360. The van der Waals surface area contributed by atoms with Gasteiger partial charge in [-0.1, -0.05) is 23.7 Å². The van der Waals surface area contributed by atoms with Gasteiger partial charge in [0, 0.05) is 10.2 Å². The highest BCUT2D eigenvalue weighted by molar-refractivity contribution is 9.10. The summed E-state index contributed by atoms with van der Waals surface area (Å²) in [5, 5.41) is 12.6. The molecule has 1 amide bonds. The fourth-order valence-electron chi connectivity index (χ4n) is 3.15. The summed E-state index contributed by atoms with van der Waals surface area (Å²) in [6.07, 6.45) is -4.31. The predicted molar refractivity (Wildman–Crippen MR) is 140 cm³/mol. The number of carboxylic acids is 1. The molecule has 3 aromatic carbocycles. The number of carbonyl (C=O) groups is 4. The van der Waals surface area contributed by atoms with Crippen molar-refractivity contribution in [2.45, 2.75) is 12.2 Å². The molecule has 3 rings (SSSR count). The van der Waals surface area contributed by atoms with Crippen LogP contribution in [0.1, 0.15) is 20.7 Å². The van der Waals surface area contributed by atoms with Crippen molar-refractivity contribution in [2.24, 2.45) is 0 Å². The van der Waals surface area contributed by atoms with Crippen molar-refractivity contribution in [3.05, 3.63) is 87.4 Å². The molecule has 0 aromatic heterocycles. The monoisotopic (exact) mass is 605 g/mol. The molecule has 10 nitrogen and oxygen atoms in total. The zero-order valence-electron chi connectivity index (χ0n) is 20.0. The summed E-state index contributed by atoms with van der Waals surface area (Å²) in [5.41, 5.74) is 0.0968. The minimum atomic E-state index is -2.21. The number of esters is 2. The van der Waals surface area contributed by atoms with Gasteiger partial charge in [0.05, 0.1) is 30.4 Å². The molecule has 0 heterocycles. The average molecular weight is 607 g/mol. The third-order valence-corrected chi connectivity index (χ3v) is 6.28. The molecule has 0 fully saturated rings. The van der Waals surface area contributed by atoms with Crippen LogP contribution >= 0.6 is 27.5 Å². The van der Waals surface area contributed by atoms with E-state index < -0.39 is 36.0 Å². The molecule has 0 radical (unpaired) electrons. The summed E-state index contributed by atoms with van der Waals surface area (Å²) in [6, 6.07) is 16.0. The molecule has 0 saturated carbocycles. The number of rotatable bonds is 10. The molecule has 0 unspecified atom stereocenters. The number of ether oxygens (including phenoxy) is 4. The Labute approximate surface area is 230 Å². The number of nitrogens with one attached hydrogen (secondary N) is 1. The van der Waals surface area contributed by atoms with Crippen molar-refractivity contribution in [1.29, 1.82) is 0 Å². The summed E-state index contributed by atoms with van der Waals surface area (Å²) in [7, 11) is 2.78. The van der Waals surface area contributed by atoms with E-state index in [4.69, 9.17) is 30.5 Å².